The van der Waals surface area contributed by atoms with E-state index in [9.17, 15) is 0 Å². The third-order valence-electron chi connectivity index (χ3n) is 3.03. The van der Waals surface area contributed by atoms with E-state index < -0.39 is 0 Å². The van der Waals surface area contributed by atoms with Crippen molar-refractivity contribution in [1.29, 1.82) is 0 Å². The van der Waals surface area contributed by atoms with Gasteiger partial charge in [0.05, 0.1) is 0 Å². The van der Waals surface area contributed by atoms with Crippen LogP contribution in [-0.4, -0.2) is 16.9 Å². The normalized spacial score (nSPS) is 10.8. The van der Waals surface area contributed by atoms with Gasteiger partial charge in [0.25, 0.3) is 0 Å². The van der Waals surface area contributed by atoms with Crippen molar-refractivity contribution in [2.75, 3.05) is 7.05 Å². The number of nitrogens with two attached hydrogens (primary N) is 1. The molecule has 0 aliphatic carbocycles. The first-order valence-electron chi connectivity index (χ1n) is 6.36. The molecule has 0 radical (unpaired) electrons. The molecule has 0 fully saturated rings. The van der Waals surface area contributed by atoms with Crippen LogP contribution in [0.3, 0.4) is 0 Å². The number of hydrogen-bond acceptors (Lipinski definition) is 2. The summed E-state index contributed by atoms with van der Waals surface area (Å²) >= 11 is 8.46. The van der Waals surface area contributed by atoms with E-state index >= 15 is 0 Å². The van der Waals surface area contributed by atoms with Gasteiger partial charge in [0.1, 0.15) is 4.99 Å². The molecule has 0 amide bonds. The Morgan fingerprint density at radius 1 is 1.10 bits per heavy atom. The minimum Gasteiger partial charge on any atom is -0.389 e. The smallest absolute Gasteiger partial charge is 0.103 e. The van der Waals surface area contributed by atoms with E-state index in [1.54, 1.807) is 0 Å². The minimum atomic E-state index is 0.447. The Labute approximate surface area is 133 Å². The van der Waals surface area contributed by atoms with Crippen LogP contribution in [-0.2, 0) is 13.1 Å². The van der Waals surface area contributed by atoms with Gasteiger partial charge in [-0.1, -0.05) is 58.5 Å². The van der Waals surface area contributed by atoms with E-state index in [4.69, 9.17) is 18.0 Å². The second kappa shape index (κ2) is 6.97. The summed E-state index contributed by atoms with van der Waals surface area (Å²) in [6.45, 7) is 1.77. The van der Waals surface area contributed by atoms with Crippen LogP contribution in [0.5, 0.6) is 0 Å². The molecular formula is C16H17BrN2S. The Kier molecular flexibility index (Phi) is 5.29. The zero-order chi connectivity index (χ0) is 14.5. The van der Waals surface area contributed by atoms with Gasteiger partial charge in [0.15, 0.2) is 0 Å². The Morgan fingerprint density at radius 2 is 1.75 bits per heavy atom. The number of halogens is 1. The van der Waals surface area contributed by atoms with E-state index in [0.29, 0.717) is 4.99 Å². The molecule has 0 saturated carbocycles. The van der Waals surface area contributed by atoms with Crippen molar-refractivity contribution in [1.82, 2.24) is 4.90 Å². The van der Waals surface area contributed by atoms with Crippen molar-refractivity contribution in [3.8, 4) is 0 Å². The molecule has 2 rings (SSSR count). The van der Waals surface area contributed by atoms with Crippen LogP contribution in [0.15, 0.2) is 53.0 Å². The van der Waals surface area contributed by atoms with E-state index in [1.165, 1.54) is 11.1 Å². The molecule has 0 heterocycles. The quantitative estimate of drug-likeness (QED) is 0.835. The lowest BCUT2D eigenvalue weighted by Crippen LogP contribution is -2.18. The molecule has 104 valence electrons. The summed E-state index contributed by atoms with van der Waals surface area (Å²) in [5.74, 6) is 0. The van der Waals surface area contributed by atoms with Crippen LogP contribution in [0.4, 0.5) is 0 Å². The first kappa shape index (κ1) is 15.2. The number of nitrogens with zero attached hydrogens (tertiary/aromatic N) is 1. The van der Waals surface area contributed by atoms with Crippen molar-refractivity contribution in [3.63, 3.8) is 0 Å². The van der Waals surface area contributed by atoms with Gasteiger partial charge in [-0.25, -0.2) is 0 Å². The summed E-state index contributed by atoms with van der Waals surface area (Å²) in [6.07, 6.45) is 0. The van der Waals surface area contributed by atoms with Crippen molar-refractivity contribution < 1.29 is 0 Å². The fourth-order valence-electron chi connectivity index (χ4n) is 2.09. The highest BCUT2D eigenvalue weighted by Gasteiger charge is 2.04. The predicted molar refractivity (Wildman–Crippen MR) is 91.6 cm³/mol. The molecule has 2 nitrogen and oxygen atoms in total. The topological polar surface area (TPSA) is 29.3 Å². The summed E-state index contributed by atoms with van der Waals surface area (Å²) in [5.41, 5.74) is 9.10. The average molecular weight is 349 g/mol. The maximum Gasteiger partial charge on any atom is 0.103 e. The van der Waals surface area contributed by atoms with Crippen LogP contribution in [0.1, 0.15) is 16.7 Å². The molecule has 0 aliphatic rings. The van der Waals surface area contributed by atoms with Crippen molar-refractivity contribution in [3.05, 3.63) is 69.7 Å². The van der Waals surface area contributed by atoms with Crippen LogP contribution in [0.25, 0.3) is 0 Å². The third kappa shape index (κ3) is 4.40. The Bertz CT molecular complexity index is 596. The Hall–Kier alpha value is -1.23. The summed E-state index contributed by atoms with van der Waals surface area (Å²) in [6, 6.07) is 16.5. The molecule has 0 bridgehead atoms. The Morgan fingerprint density at radius 3 is 2.40 bits per heavy atom. The SMILES string of the molecule is CN(Cc1ccc(Br)cc1)Cc1cccc(C(N)=S)c1. The van der Waals surface area contributed by atoms with E-state index in [1.807, 2.05) is 12.1 Å². The second-order valence-corrected chi connectivity index (χ2v) is 6.22. The molecule has 0 aliphatic heterocycles. The first-order valence-corrected chi connectivity index (χ1v) is 7.56. The standard InChI is InChI=1S/C16H17BrN2S/c1-19(10-12-5-7-15(17)8-6-12)11-13-3-2-4-14(9-13)16(18)20/h2-9H,10-11H2,1H3,(H2,18,20). The lowest BCUT2D eigenvalue weighted by Gasteiger charge is -2.17. The lowest BCUT2D eigenvalue weighted by atomic mass is 10.1. The molecule has 20 heavy (non-hydrogen) atoms. The van der Waals surface area contributed by atoms with Gasteiger partial charge in [-0.3, -0.25) is 4.90 Å². The van der Waals surface area contributed by atoms with Gasteiger partial charge in [-0.05, 0) is 36.4 Å². The average Bonchev–Trinajstić information content (AvgIpc) is 2.41. The molecule has 2 aromatic carbocycles. The molecule has 0 saturated heterocycles. The van der Waals surface area contributed by atoms with Gasteiger partial charge in [-0.15, -0.1) is 0 Å². The largest absolute Gasteiger partial charge is 0.389 e. The van der Waals surface area contributed by atoms with Gasteiger partial charge >= 0.3 is 0 Å². The number of benzene rings is 2. The van der Waals surface area contributed by atoms with Crippen LogP contribution in [0.2, 0.25) is 0 Å². The van der Waals surface area contributed by atoms with Crippen LogP contribution >= 0.6 is 28.1 Å². The number of thiocarbonyl (C=S) groups is 1. The fraction of sp³-hybridized carbons (Fsp3) is 0.188. The fourth-order valence-corrected chi connectivity index (χ4v) is 2.48. The first-order chi connectivity index (χ1) is 9.54. The highest BCUT2D eigenvalue weighted by atomic mass is 79.9. The summed E-state index contributed by atoms with van der Waals surface area (Å²) in [5, 5.41) is 0. The van der Waals surface area contributed by atoms with E-state index in [-0.39, 0.29) is 0 Å². The van der Waals surface area contributed by atoms with Crippen molar-refractivity contribution in [2.24, 2.45) is 5.73 Å². The van der Waals surface area contributed by atoms with E-state index in [0.717, 1.165) is 23.1 Å². The lowest BCUT2D eigenvalue weighted by molar-refractivity contribution is 0.319. The molecule has 2 N–H and O–H groups in total. The number of hydrogen-bond donors (Lipinski definition) is 1. The highest BCUT2D eigenvalue weighted by Crippen LogP contribution is 2.13. The number of rotatable bonds is 5. The van der Waals surface area contributed by atoms with Gasteiger partial charge in [0, 0.05) is 23.1 Å². The third-order valence-corrected chi connectivity index (χ3v) is 3.79. The van der Waals surface area contributed by atoms with Crippen LogP contribution in [0, 0.1) is 0 Å². The zero-order valence-corrected chi connectivity index (χ0v) is 13.7. The monoisotopic (exact) mass is 348 g/mol. The molecular weight excluding hydrogens is 332 g/mol. The predicted octanol–water partition coefficient (Wildman–Crippen LogP) is 3.72. The maximum atomic E-state index is 5.66. The summed E-state index contributed by atoms with van der Waals surface area (Å²) in [7, 11) is 2.11. The molecule has 4 heteroatoms. The molecule has 2 aromatic rings. The maximum absolute atomic E-state index is 5.66. The van der Waals surface area contributed by atoms with Crippen molar-refractivity contribution >= 4 is 33.1 Å². The molecule has 0 atom stereocenters. The molecule has 0 aromatic heterocycles. The minimum absolute atomic E-state index is 0.447. The second-order valence-electron chi connectivity index (χ2n) is 4.86. The zero-order valence-electron chi connectivity index (χ0n) is 11.3. The van der Waals surface area contributed by atoms with Crippen LogP contribution < -0.4 is 5.73 Å². The van der Waals surface area contributed by atoms with Gasteiger partial charge in [0.2, 0.25) is 0 Å². The van der Waals surface area contributed by atoms with Crippen molar-refractivity contribution in [2.45, 2.75) is 13.1 Å². The molecule has 0 unspecified atom stereocenters. The summed E-state index contributed by atoms with van der Waals surface area (Å²) in [4.78, 5) is 2.71. The van der Waals surface area contributed by atoms with Gasteiger partial charge < -0.3 is 5.73 Å². The van der Waals surface area contributed by atoms with Gasteiger partial charge in [-0.2, -0.15) is 0 Å². The Balaban J connectivity index is 2.00. The van der Waals surface area contributed by atoms with E-state index in [2.05, 4.69) is 64.3 Å². The summed E-state index contributed by atoms with van der Waals surface area (Å²) < 4.78 is 1.10. The molecule has 0 spiro atoms. The highest BCUT2D eigenvalue weighted by molar-refractivity contribution is 9.10.